The summed E-state index contributed by atoms with van der Waals surface area (Å²) in [7, 11) is -3.77. The lowest BCUT2D eigenvalue weighted by Gasteiger charge is -2.08. The summed E-state index contributed by atoms with van der Waals surface area (Å²) in [6.45, 7) is 0. The van der Waals surface area contributed by atoms with Crippen LogP contribution in [0, 0.1) is 0 Å². The van der Waals surface area contributed by atoms with Crippen molar-refractivity contribution >= 4 is 38.9 Å². The summed E-state index contributed by atoms with van der Waals surface area (Å²) in [4.78, 5) is 12.5. The zero-order valence-electron chi connectivity index (χ0n) is 11.4. The van der Waals surface area contributed by atoms with E-state index in [0.29, 0.717) is 0 Å². The molecule has 1 aromatic carbocycles. The number of nitrogens with zero attached hydrogens (tertiary/aromatic N) is 3. The molecule has 0 saturated heterocycles. The van der Waals surface area contributed by atoms with E-state index < -0.39 is 15.9 Å². The molecule has 0 aliphatic rings. The Kier molecular flexibility index (Phi) is 4.04. The monoisotopic (exact) mass is 350 g/mol. The molecule has 0 fully saturated rings. The Morgan fingerprint density at radius 3 is 2.65 bits per heavy atom. The van der Waals surface area contributed by atoms with Gasteiger partial charge < -0.3 is 0 Å². The zero-order valence-corrected chi connectivity index (χ0v) is 13.1. The van der Waals surface area contributed by atoms with Gasteiger partial charge in [0.25, 0.3) is 15.9 Å². The fourth-order valence-corrected chi connectivity index (χ4v) is 3.65. The number of rotatable bonds is 5. The summed E-state index contributed by atoms with van der Waals surface area (Å²) in [6.07, 6.45) is 0. The molecule has 0 aliphatic carbocycles. The van der Waals surface area contributed by atoms with Crippen LogP contribution in [-0.4, -0.2) is 34.9 Å². The molecule has 0 spiro atoms. The molecule has 0 bridgehead atoms. The van der Waals surface area contributed by atoms with Gasteiger partial charge in [-0.2, -0.15) is 0 Å². The van der Waals surface area contributed by atoms with E-state index in [1.807, 2.05) is 0 Å². The SMILES string of the molecule is O=C(Nc1nnn[nH]1)c1sccc1NS(=O)(=O)c1ccccc1. The molecule has 0 radical (unpaired) electrons. The minimum absolute atomic E-state index is 0.0697. The second kappa shape index (κ2) is 6.14. The molecule has 2 aromatic heterocycles. The van der Waals surface area contributed by atoms with Gasteiger partial charge in [-0.1, -0.05) is 23.3 Å². The second-order valence-corrected chi connectivity index (χ2v) is 6.88. The van der Waals surface area contributed by atoms with Crippen molar-refractivity contribution in [3.63, 3.8) is 0 Å². The Bertz CT molecular complexity index is 905. The van der Waals surface area contributed by atoms with Gasteiger partial charge >= 0.3 is 0 Å². The Hall–Kier alpha value is -2.79. The van der Waals surface area contributed by atoms with Crippen LogP contribution in [0.15, 0.2) is 46.7 Å². The van der Waals surface area contributed by atoms with E-state index in [-0.39, 0.29) is 21.4 Å². The molecule has 0 unspecified atom stereocenters. The number of aromatic nitrogens is 4. The first kappa shape index (κ1) is 15.1. The standard InChI is InChI=1S/C12H10N6O3S2/c19-11(13-12-14-17-18-15-12)10-9(6-7-22-10)16-23(20,21)8-4-2-1-3-5-8/h1-7,16H,(H2,13,14,15,17,18,19). The summed E-state index contributed by atoms with van der Waals surface area (Å²) < 4.78 is 27.0. The Labute approximate surface area is 134 Å². The highest BCUT2D eigenvalue weighted by atomic mass is 32.2. The van der Waals surface area contributed by atoms with Gasteiger partial charge in [0.2, 0.25) is 5.95 Å². The number of aromatic amines is 1. The molecule has 23 heavy (non-hydrogen) atoms. The number of sulfonamides is 1. The molecule has 9 nitrogen and oxygen atoms in total. The predicted octanol–water partition coefficient (Wildman–Crippen LogP) is 1.31. The van der Waals surface area contributed by atoms with Gasteiger partial charge in [-0.25, -0.2) is 13.5 Å². The van der Waals surface area contributed by atoms with Crippen molar-refractivity contribution < 1.29 is 13.2 Å². The van der Waals surface area contributed by atoms with E-state index in [9.17, 15) is 13.2 Å². The van der Waals surface area contributed by atoms with Gasteiger partial charge in [0.05, 0.1) is 10.6 Å². The number of benzene rings is 1. The fourth-order valence-electron chi connectivity index (χ4n) is 1.75. The van der Waals surface area contributed by atoms with Crippen molar-refractivity contribution in [1.82, 2.24) is 20.6 Å². The molecule has 0 saturated carbocycles. The van der Waals surface area contributed by atoms with Gasteiger partial charge in [0.1, 0.15) is 4.88 Å². The molecule has 0 aliphatic heterocycles. The number of carbonyl (C=O) groups is 1. The summed E-state index contributed by atoms with van der Waals surface area (Å²) in [5.74, 6) is -0.454. The van der Waals surface area contributed by atoms with Crippen LogP contribution in [-0.2, 0) is 10.0 Å². The third-order valence-corrected chi connectivity index (χ3v) is 5.04. The van der Waals surface area contributed by atoms with Crippen LogP contribution >= 0.6 is 11.3 Å². The van der Waals surface area contributed by atoms with Crippen molar-refractivity contribution in [1.29, 1.82) is 0 Å². The van der Waals surface area contributed by atoms with Crippen LogP contribution in [0.25, 0.3) is 0 Å². The third kappa shape index (κ3) is 3.35. The maximum atomic E-state index is 12.3. The number of amides is 1. The number of nitrogens with one attached hydrogen (secondary N) is 3. The fraction of sp³-hybridized carbons (Fsp3) is 0. The summed E-state index contributed by atoms with van der Waals surface area (Å²) in [5, 5.41) is 16.6. The average molecular weight is 350 g/mol. The number of hydrogen-bond acceptors (Lipinski definition) is 7. The topological polar surface area (TPSA) is 130 Å². The van der Waals surface area contributed by atoms with E-state index in [4.69, 9.17) is 0 Å². The molecule has 0 atom stereocenters. The largest absolute Gasteiger partial charge is 0.289 e. The predicted molar refractivity (Wildman–Crippen MR) is 83.7 cm³/mol. The van der Waals surface area contributed by atoms with E-state index in [1.165, 1.54) is 18.2 Å². The lowest BCUT2D eigenvalue weighted by molar-refractivity contribution is 0.103. The van der Waals surface area contributed by atoms with E-state index in [1.54, 1.807) is 23.6 Å². The highest BCUT2D eigenvalue weighted by molar-refractivity contribution is 7.92. The van der Waals surface area contributed by atoms with Gasteiger partial charge in [0, 0.05) is 0 Å². The average Bonchev–Trinajstić information content (AvgIpc) is 3.19. The quantitative estimate of drug-likeness (QED) is 0.636. The Balaban J connectivity index is 1.83. The summed E-state index contributed by atoms with van der Waals surface area (Å²) >= 11 is 1.09. The van der Waals surface area contributed by atoms with Crippen LogP contribution in [0.5, 0.6) is 0 Å². The number of H-pyrrole nitrogens is 1. The molecule has 3 aromatic rings. The highest BCUT2D eigenvalue weighted by Gasteiger charge is 2.20. The highest BCUT2D eigenvalue weighted by Crippen LogP contribution is 2.25. The second-order valence-electron chi connectivity index (χ2n) is 4.29. The third-order valence-electron chi connectivity index (χ3n) is 2.75. The van der Waals surface area contributed by atoms with Crippen molar-refractivity contribution in [2.24, 2.45) is 0 Å². The number of tetrazole rings is 1. The van der Waals surface area contributed by atoms with Crippen molar-refractivity contribution in [2.45, 2.75) is 4.90 Å². The summed E-state index contributed by atoms with van der Waals surface area (Å²) in [6, 6.07) is 9.40. The lowest BCUT2D eigenvalue weighted by Crippen LogP contribution is -2.17. The minimum Gasteiger partial charge on any atom is -0.289 e. The van der Waals surface area contributed by atoms with Crippen molar-refractivity contribution in [3.05, 3.63) is 46.7 Å². The van der Waals surface area contributed by atoms with Gasteiger partial charge in [-0.3, -0.25) is 14.8 Å². The van der Waals surface area contributed by atoms with Crippen molar-refractivity contribution in [3.8, 4) is 0 Å². The molecule has 3 N–H and O–H groups in total. The first-order valence-electron chi connectivity index (χ1n) is 6.27. The molecule has 3 rings (SSSR count). The van der Waals surface area contributed by atoms with E-state index >= 15 is 0 Å². The number of thiophene rings is 1. The van der Waals surface area contributed by atoms with E-state index in [2.05, 4.69) is 30.7 Å². The number of anilines is 2. The first-order chi connectivity index (χ1) is 11.1. The molecule has 1 amide bonds. The van der Waals surface area contributed by atoms with Crippen molar-refractivity contribution in [2.75, 3.05) is 10.0 Å². The van der Waals surface area contributed by atoms with Gasteiger partial charge in [0.15, 0.2) is 0 Å². The van der Waals surface area contributed by atoms with Gasteiger partial charge in [-0.05, 0) is 34.0 Å². The molecule has 2 heterocycles. The van der Waals surface area contributed by atoms with Crippen LogP contribution in [0.2, 0.25) is 0 Å². The van der Waals surface area contributed by atoms with Crippen LogP contribution in [0.3, 0.4) is 0 Å². The van der Waals surface area contributed by atoms with Crippen LogP contribution < -0.4 is 10.0 Å². The Morgan fingerprint density at radius 1 is 1.17 bits per heavy atom. The van der Waals surface area contributed by atoms with E-state index in [0.717, 1.165) is 11.3 Å². The first-order valence-corrected chi connectivity index (χ1v) is 8.63. The number of carbonyl (C=O) groups excluding carboxylic acids is 1. The molecule has 118 valence electrons. The maximum absolute atomic E-state index is 12.3. The maximum Gasteiger partial charge on any atom is 0.270 e. The molecular formula is C12H10N6O3S2. The van der Waals surface area contributed by atoms with Crippen LogP contribution in [0.4, 0.5) is 11.6 Å². The Morgan fingerprint density at radius 2 is 1.96 bits per heavy atom. The minimum atomic E-state index is -3.77. The smallest absolute Gasteiger partial charge is 0.270 e. The normalized spacial score (nSPS) is 11.1. The molecular weight excluding hydrogens is 340 g/mol. The summed E-state index contributed by atoms with van der Waals surface area (Å²) in [5.41, 5.74) is 0.184. The molecule has 11 heteroatoms. The van der Waals surface area contributed by atoms with Crippen LogP contribution in [0.1, 0.15) is 9.67 Å². The van der Waals surface area contributed by atoms with Gasteiger partial charge in [-0.15, -0.1) is 11.3 Å². The lowest BCUT2D eigenvalue weighted by atomic mass is 10.4. The zero-order chi connectivity index (χ0) is 16.3. The number of hydrogen-bond donors (Lipinski definition) is 3.